The van der Waals surface area contributed by atoms with Crippen LogP contribution in [0.15, 0.2) is 58.5 Å². The molecule has 1 N–H and O–H groups in total. The largest absolute Gasteiger partial charge is 0.497 e. The Bertz CT molecular complexity index is 911. The lowest BCUT2D eigenvalue weighted by molar-refractivity contribution is -0.121. The maximum Gasteiger partial charge on any atom is 0.255 e. The lowest BCUT2D eigenvalue weighted by Crippen LogP contribution is -2.36. The molecule has 0 unspecified atom stereocenters. The fraction of sp³-hybridized carbons (Fsp3) is 0.222. The molecule has 0 atom stereocenters. The normalized spacial score (nSPS) is 11.6. The summed E-state index contributed by atoms with van der Waals surface area (Å²) in [5.74, 6) is 0.579. The second-order valence-electron chi connectivity index (χ2n) is 5.47. The Morgan fingerprint density at radius 1 is 1.11 bits per heavy atom. The number of ether oxygens (including phenoxy) is 2. The van der Waals surface area contributed by atoms with Crippen LogP contribution in [-0.4, -0.2) is 52.7 Å². The standard InChI is InChI=1S/C18H21N3O5S/c1-21(27(23,24)16-10-8-15(25-2)9-11-16)13-18(22)20-19-12-14-6-4-5-7-17(14)26-3/h4-12H,13H2,1-3H3,(H,20,22)/b19-12-. The Hall–Kier alpha value is -2.91. The number of carbonyl (C=O) groups is 1. The number of amides is 1. The molecule has 2 aromatic rings. The minimum absolute atomic E-state index is 0.0659. The average molecular weight is 391 g/mol. The molecule has 27 heavy (non-hydrogen) atoms. The van der Waals surface area contributed by atoms with Gasteiger partial charge in [0.1, 0.15) is 11.5 Å². The molecule has 0 saturated carbocycles. The second-order valence-corrected chi connectivity index (χ2v) is 7.52. The molecule has 8 nitrogen and oxygen atoms in total. The van der Waals surface area contributed by atoms with Crippen molar-refractivity contribution < 1.29 is 22.7 Å². The van der Waals surface area contributed by atoms with Gasteiger partial charge in [0.2, 0.25) is 10.0 Å². The summed E-state index contributed by atoms with van der Waals surface area (Å²) in [5, 5.41) is 3.84. The van der Waals surface area contributed by atoms with Crippen molar-refractivity contribution in [2.45, 2.75) is 4.90 Å². The number of nitrogens with one attached hydrogen (secondary N) is 1. The first-order chi connectivity index (χ1) is 12.9. The van der Waals surface area contributed by atoms with Gasteiger partial charge < -0.3 is 9.47 Å². The number of likely N-dealkylation sites (N-methyl/N-ethyl adjacent to an activating group) is 1. The highest BCUT2D eigenvalue weighted by molar-refractivity contribution is 7.89. The molecule has 0 aliphatic rings. The molecule has 0 saturated heterocycles. The van der Waals surface area contributed by atoms with Crippen LogP contribution in [0.4, 0.5) is 0 Å². The van der Waals surface area contributed by atoms with E-state index in [1.165, 1.54) is 39.6 Å². The highest BCUT2D eigenvalue weighted by Crippen LogP contribution is 2.18. The average Bonchev–Trinajstić information content (AvgIpc) is 2.68. The van der Waals surface area contributed by atoms with Gasteiger partial charge in [0.25, 0.3) is 5.91 Å². The maximum absolute atomic E-state index is 12.5. The quantitative estimate of drug-likeness (QED) is 0.543. The van der Waals surface area contributed by atoms with E-state index in [4.69, 9.17) is 9.47 Å². The number of hydrogen-bond acceptors (Lipinski definition) is 6. The van der Waals surface area contributed by atoms with E-state index in [0.717, 1.165) is 4.31 Å². The van der Waals surface area contributed by atoms with Crippen molar-refractivity contribution in [2.24, 2.45) is 5.10 Å². The van der Waals surface area contributed by atoms with Gasteiger partial charge in [-0.2, -0.15) is 9.41 Å². The third kappa shape index (κ3) is 5.28. The van der Waals surface area contributed by atoms with Gasteiger partial charge in [0.05, 0.1) is 31.9 Å². The van der Waals surface area contributed by atoms with Crippen LogP contribution in [0.25, 0.3) is 0 Å². The van der Waals surface area contributed by atoms with E-state index in [0.29, 0.717) is 17.1 Å². The van der Waals surface area contributed by atoms with Crippen molar-refractivity contribution in [1.82, 2.24) is 9.73 Å². The summed E-state index contributed by atoms with van der Waals surface area (Å²) in [5.41, 5.74) is 2.98. The van der Waals surface area contributed by atoms with Crippen LogP contribution in [0.2, 0.25) is 0 Å². The first-order valence-electron chi connectivity index (χ1n) is 7.94. The Morgan fingerprint density at radius 2 is 1.78 bits per heavy atom. The molecule has 0 heterocycles. The van der Waals surface area contributed by atoms with E-state index < -0.39 is 15.9 Å². The summed E-state index contributed by atoms with van der Waals surface area (Å²) in [7, 11) is 0.544. The number of benzene rings is 2. The molecular weight excluding hydrogens is 370 g/mol. The zero-order chi connectivity index (χ0) is 19.9. The van der Waals surface area contributed by atoms with Crippen molar-refractivity contribution in [3.05, 3.63) is 54.1 Å². The minimum atomic E-state index is -3.80. The van der Waals surface area contributed by atoms with Crippen molar-refractivity contribution in [3.8, 4) is 11.5 Å². The monoisotopic (exact) mass is 391 g/mol. The fourth-order valence-corrected chi connectivity index (χ4v) is 3.32. The van der Waals surface area contributed by atoms with Crippen LogP contribution in [0.3, 0.4) is 0 Å². The summed E-state index contributed by atoms with van der Waals surface area (Å²) < 4.78 is 36.1. The molecule has 0 aliphatic heterocycles. The lowest BCUT2D eigenvalue weighted by atomic mass is 10.2. The van der Waals surface area contributed by atoms with Gasteiger partial charge >= 0.3 is 0 Å². The predicted octanol–water partition coefficient (Wildman–Crippen LogP) is 1.47. The van der Waals surface area contributed by atoms with E-state index in [1.807, 2.05) is 6.07 Å². The molecule has 0 spiro atoms. The van der Waals surface area contributed by atoms with Gasteiger partial charge in [0, 0.05) is 12.6 Å². The van der Waals surface area contributed by atoms with Gasteiger partial charge in [-0.1, -0.05) is 12.1 Å². The molecular formula is C18H21N3O5S. The number of nitrogens with zero attached hydrogens (tertiary/aromatic N) is 2. The minimum Gasteiger partial charge on any atom is -0.497 e. The molecule has 0 radical (unpaired) electrons. The van der Waals surface area contributed by atoms with E-state index >= 15 is 0 Å². The lowest BCUT2D eigenvalue weighted by Gasteiger charge is -2.16. The van der Waals surface area contributed by atoms with Crippen LogP contribution in [0.1, 0.15) is 5.56 Å². The zero-order valence-electron chi connectivity index (χ0n) is 15.2. The summed E-state index contributed by atoms with van der Waals surface area (Å²) in [6.07, 6.45) is 1.43. The number of sulfonamides is 1. The van der Waals surface area contributed by atoms with Crippen LogP contribution in [0, 0.1) is 0 Å². The van der Waals surface area contributed by atoms with Crippen molar-refractivity contribution in [2.75, 3.05) is 27.8 Å². The summed E-state index contributed by atoms with van der Waals surface area (Å²) in [4.78, 5) is 12.1. The van der Waals surface area contributed by atoms with Gasteiger partial charge in [0.15, 0.2) is 0 Å². The highest BCUT2D eigenvalue weighted by Gasteiger charge is 2.22. The number of methoxy groups -OCH3 is 2. The molecule has 0 aromatic heterocycles. The van der Waals surface area contributed by atoms with Gasteiger partial charge in [-0.25, -0.2) is 13.8 Å². The summed E-state index contributed by atoms with van der Waals surface area (Å²) in [6.45, 7) is -0.377. The zero-order valence-corrected chi connectivity index (χ0v) is 16.1. The van der Waals surface area contributed by atoms with Crippen LogP contribution < -0.4 is 14.9 Å². The van der Waals surface area contributed by atoms with Crippen molar-refractivity contribution in [1.29, 1.82) is 0 Å². The molecule has 144 valence electrons. The highest BCUT2D eigenvalue weighted by atomic mass is 32.2. The van der Waals surface area contributed by atoms with Crippen LogP contribution >= 0.6 is 0 Å². The molecule has 1 amide bonds. The molecule has 0 aliphatic carbocycles. The third-order valence-electron chi connectivity index (χ3n) is 3.67. The first-order valence-corrected chi connectivity index (χ1v) is 9.38. The smallest absolute Gasteiger partial charge is 0.255 e. The van der Waals surface area contributed by atoms with Crippen molar-refractivity contribution >= 4 is 22.1 Å². The Morgan fingerprint density at radius 3 is 2.41 bits per heavy atom. The fourth-order valence-electron chi connectivity index (χ4n) is 2.20. The van der Waals surface area contributed by atoms with Crippen LogP contribution in [0.5, 0.6) is 11.5 Å². The first kappa shape index (κ1) is 20.4. The number of carbonyl (C=O) groups excluding carboxylic acids is 1. The number of rotatable bonds is 8. The van der Waals surface area contributed by atoms with E-state index in [1.54, 1.807) is 30.3 Å². The van der Waals surface area contributed by atoms with Crippen molar-refractivity contribution in [3.63, 3.8) is 0 Å². The Kier molecular flexibility index (Phi) is 6.91. The summed E-state index contributed by atoms with van der Waals surface area (Å²) >= 11 is 0. The molecule has 9 heteroatoms. The van der Waals surface area contributed by atoms with E-state index in [2.05, 4.69) is 10.5 Å². The third-order valence-corrected chi connectivity index (χ3v) is 5.48. The molecule has 0 fully saturated rings. The SMILES string of the molecule is COc1ccc(S(=O)(=O)N(C)CC(=O)N/N=C\c2ccccc2OC)cc1. The number of hydrazone groups is 1. The summed E-state index contributed by atoms with van der Waals surface area (Å²) in [6, 6.07) is 13.1. The Balaban J connectivity index is 1.98. The van der Waals surface area contributed by atoms with Crippen LogP contribution in [-0.2, 0) is 14.8 Å². The second kappa shape index (κ2) is 9.15. The molecule has 0 bridgehead atoms. The van der Waals surface area contributed by atoms with E-state index in [9.17, 15) is 13.2 Å². The molecule has 2 rings (SSSR count). The van der Waals surface area contributed by atoms with Gasteiger partial charge in [-0.15, -0.1) is 0 Å². The topological polar surface area (TPSA) is 97.3 Å². The van der Waals surface area contributed by atoms with Gasteiger partial charge in [-0.3, -0.25) is 4.79 Å². The number of hydrogen-bond donors (Lipinski definition) is 1. The Labute approximate surface area is 158 Å². The van der Waals surface area contributed by atoms with Gasteiger partial charge in [-0.05, 0) is 36.4 Å². The van der Waals surface area contributed by atoms with E-state index in [-0.39, 0.29) is 11.4 Å². The molecule has 2 aromatic carbocycles. The predicted molar refractivity (Wildman–Crippen MR) is 102 cm³/mol. The maximum atomic E-state index is 12.5. The number of para-hydroxylation sites is 1.